The first-order chi connectivity index (χ1) is 10.6. The summed E-state index contributed by atoms with van der Waals surface area (Å²) in [5.74, 6) is 0.317. The van der Waals surface area contributed by atoms with Crippen LogP contribution in [0, 0.1) is 4.84 Å². The van der Waals surface area contributed by atoms with E-state index < -0.39 is 6.29 Å². The first-order valence-electron chi connectivity index (χ1n) is 6.78. The number of carbonyl (C=O) groups is 1. The summed E-state index contributed by atoms with van der Waals surface area (Å²) in [6.45, 7) is 0.361. The molecule has 2 aliphatic rings. The van der Waals surface area contributed by atoms with Crippen LogP contribution in [0.2, 0.25) is 0 Å². The normalized spacial score (nSPS) is 27.3. The van der Waals surface area contributed by atoms with E-state index in [-0.39, 0.29) is 29.2 Å². The highest BCUT2D eigenvalue weighted by atomic mass is 79.9. The predicted octanol–water partition coefficient (Wildman–Crippen LogP) is 2.89. The monoisotopic (exact) mass is 382 g/mol. The molecule has 4 rings (SSSR count). The van der Waals surface area contributed by atoms with Gasteiger partial charge in [-0.1, -0.05) is 12.1 Å². The van der Waals surface area contributed by atoms with Crippen LogP contribution in [0.5, 0.6) is 0 Å². The Hall–Kier alpha value is -1.35. The summed E-state index contributed by atoms with van der Waals surface area (Å²) in [6, 6.07) is 7.28. The van der Waals surface area contributed by atoms with Gasteiger partial charge in [0.1, 0.15) is 6.10 Å². The minimum Gasteiger partial charge on any atom is -0.409 e. The molecule has 0 unspecified atom stereocenters. The van der Waals surface area contributed by atoms with Crippen LogP contribution >= 0.6 is 28.1 Å². The number of ether oxygens (including phenoxy) is 2. The second kappa shape index (κ2) is 5.38. The first-order valence-corrected chi connectivity index (χ1v) is 7.98. The summed E-state index contributed by atoms with van der Waals surface area (Å²) < 4.78 is 18.9. The number of Topliss-reactive ketones (excluding diaryl/α,β-unsaturated/α-hetero) is 1. The molecule has 6 nitrogen and oxygen atoms in total. The molecular weight excluding hydrogens is 372 g/mol. The standard InChI is InChI=1S/C14H11BrN2O4S/c15-8-4-2-1-3-7(8)12-16-17(14(22)21-12)9-5-10(18)13-19-6-11(9)20-13/h1-4,9,11,13H,5-6H2/t9-,11-,13+/m1/s1. The van der Waals surface area contributed by atoms with Crippen LogP contribution in [0.15, 0.2) is 33.2 Å². The van der Waals surface area contributed by atoms with Crippen molar-refractivity contribution in [2.45, 2.75) is 24.9 Å². The van der Waals surface area contributed by atoms with Gasteiger partial charge in [-0.15, -0.1) is 5.10 Å². The maximum absolute atomic E-state index is 11.9. The molecule has 1 aromatic carbocycles. The van der Waals surface area contributed by atoms with Gasteiger partial charge in [-0.3, -0.25) is 4.79 Å². The average molecular weight is 383 g/mol. The van der Waals surface area contributed by atoms with Gasteiger partial charge in [-0.25, -0.2) is 4.68 Å². The van der Waals surface area contributed by atoms with E-state index in [1.54, 1.807) is 4.68 Å². The number of halogens is 1. The number of hydrogen-bond acceptors (Lipinski definition) is 6. The number of fused-ring (bicyclic) bond motifs is 2. The molecule has 3 heterocycles. The van der Waals surface area contributed by atoms with Gasteiger partial charge < -0.3 is 13.9 Å². The van der Waals surface area contributed by atoms with Gasteiger partial charge in [0.15, 0.2) is 5.78 Å². The van der Waals surface area contributed by atoms with Gasteiger partial charge >= 0.3 is 0 Å². The van der Waals surface area contributed by atoms with Crippen molar-refractivity contribution in [1.82, 2.24) is 9.78 Å². The fraction of sp³-hybridized carbons (Fsp3) is 0.357. The Bertz CT molecular complexity index is 802. The van der Waals surface area contributed by atoms with E-state index in [2.05, 4.69) is 21.0 Å². The number of rotatable bonds is 2. The molecular formula is C14H11BrN2O4S. The molecule has 0 saturated carbocycles. The van der Waals surface area contributed by atoms with Crippen molar-refractivity contribution < 1.29 is 18.7 Å². The zero-order valence-electron chi connectivity index (χ0n) is 11.3. The van der Waals surface area contributed by atoms with Crippen LogP contribution in [-0.2, 0) is 14.3 Å². The lowest BCUT2D eigenvalue weighted by molar-refractivity contribution is -0.156. The van der Waals surface area contributed by atoms with Crippen LogP contribution in [0.3, 0.4) is 0 Å². The number of aromatic nitrogens is 2. The second-order valence-corrected chi connectivity index (χ2v) is 6.38. The third-order valence-electron chi connectivity index (χ3n) is 3.80. The third kappa shape index (κ3) is 2.26. The van der Waals surface area contributed by atoms with Crippen LogP contribution in [0.4, 0.5) is 0 Å². The van der Waals surface area contributed by atoms with Gasteiger partial charge in [-0.05, 0) is 40.3 Å². The number of carbonyl (C=O) groups excluding carboxylic acids is 1. The highest BCUT2D eigenvalue weighted by Crippen LogP contribution is 2.34. The highest BCUT2D eigenvalue weighted by Gasteiger charge is 2.45. The van der Waals surface area contributed by atoms with Gasteiger partial charge in [0.25, 0.3) is 4.84 Å². The number of ketones is 1. The molecule has 2 fully saturated rings. The molecule has 0 spiro atoms. The van der Waals surface area contributed by atoms with Gasteiger partial charge in [0, 0.05) is 10.9 Å². The quantitative estimate of drug-likeness (QED) is 0.743. The maximum atomic E-state index is 11.9. The van der Waals surface area contributed by atoms with Crippen LogP contribution in [0.1, 0.15) is 12.5 Å². The average Bonchev–Trinajstić information content (AvgIpc) is 3.09. The Labute approximate surface area is 139 Å². The van der Waals surface area contributed by atoms with E-state index in [0.717, 1.165) is 10.0 Å². The Morgan fingerprint density at radius 3 is 3.00 bits per heavy atom. The van der Waals surface area contributed by atoms with Crippen molar-refractivity contribution in [3.05, 3.63) is 33.6 Å². The zero-order valence-corrected chi connectivity index (χ0v) is 13.7. The third-order valence-corrected chi connectivity index (χ3v) is 4.76. The molecule has 114 valence electrons. The fourth-order valence-electron chi connectivity index (χ4n) is 2.71. The number of benzene rings is 1. The molecule has 2 aromatic rings. The zero-order chi connectivity index (χ0) is 15.3. The Morgan fingerprint density at radius 2 is 2.18 bits per heavy atom. The molecule has 8 heteroatoms. The van der Waals surface area contributed by atoms with E-state index in [9.17, 15) is 4.79 Å². The van der Waals surface area contributed by atoms with E-state index in [1.807, 2.05) is 24.3 Å². The molecule has 2 bridgehead atoms. The van der Waals surface area contributed by atoms with Gasteiger partial charge in [-0.2, -0.15) is 0 Å². The summed E-state index contributed by atoms with van der Waals surface area (Å²) in [4.78, 5) is 12.1. The van der Waals surface area contributed by atoms with Crippen molar-refractivity contribution in [1.29, 1.82) is 0 Å². The highest BCUT2D eigenvalue weighted by molar-refractivity contribution is 9.10. The predicted molar refractivity (Wildman–Crippen MR) is 81.7 cm³/mol. The number of hydrogen-bond donors (Lipinski definition) is 0. The molecule has 0 radical (unpaired) electrons. The van der Waals surface area contributed by atoms with E-state index in [1.165, 1.54) is 0 Å². The lowest BCUT2D eigenvalue weighted by atomic mass is 10.0. The number of nitrogens with zero attached hydrogens (tertiary/aromatic N) is 2. The molecule has 3 atom stereocenters. The van der Waals surface area contributed by atoms with Crippen molar-refractivity contribution >= 4 is 33.9 Å². The first kappa shape index (κ1) is 14.3. The second-order valence-electron chi connectivity index (χ2n) is 5.18. The summed E-state index contributed by atoms with van der Waals surface area (Å²) in [6.07, 6.45) is -0.678. The molecule has 0 aliphatic carbocycles. The smallest absolute Gasteiger partial charge is 0.287 e. The molecule has 2 saturated heterocycles. The minimum atomic E-state index is -0.731. The lowest BCUT2D eigenvalue weighted by Crippen LogP contribution is -2.37. The van der Waals surface area contributed by atoms with E-state index in [4.69, 9.17) is 26.1 Å². The summed E-state index contributed by atoms with van der Waals surface area (Å²) >= 11 is 8.72. The minimum absolute atomic E-state index is 0.0916. The Kier molecular flexibility index (Phi) is 3.48. The summed E-state index contributed by atoms with van der Waals surface area (Å²) in [7, 11) is 0. The van der Waals surface area contributed by atoms with Crippen molar-refractivity contribution in [2.24, 2.45) is 0 Å². The molecule has 0 amide bonds. The van der Waals surface area contributed by atoms with Crippen LogP contribution in [0.25, 0.3) is 11.5 Å². The topological polar surface area (TPSA) is 66.5 Å². The van der Waals surface area contributed by atoms with Gasteiger partial charge in [0.05, 0.1) is 18.2 Å². The fourth-order valence-corrected chi connectivity index (χ4v) is 3.42. The SMILES string of the molecule is O=C1C[C@@H](n2nc(-c3ccccc3Br)oc2=S)[C@H]2CO[C@H]1O2. The Balaban J connectivity index is 1.73. The van der Waals surface area contributed by atoms with Gasteiger partial charge in [0.2, 0.25) is 12.2 Å². The van der Waals surface area contributed by atoms with Crippen LogP contribution in [-0.4, -0.2) is 34.6 Å². The molecule has 22 heavy (non-hydrogen) atoms. The van der Waals surface area contributed by atoms with Crippen molar-refractivity contribution in [2.75, 3.05) is 6.61 Å². The molecule has 1 aromatic heterocycles. The lowest BCUT2D eigenvalue weighted by Gasteiger charge is -2.25. The maximum Gasteiger partial charge on any atom is 0.287 e. The van der Waals surface area contributed by atoms with Crippen molar-refractivity contribution in [3.63, 3.8) is 0 Å². The summed E-state index contributed by atoms with van der Waals surface area (Å²) in [5, 5.41) is 4.44. The molecule has 0 N–H and O–H groups in total. The summed E-state index contributed by atoms with van der Waals surface area (Å²) in [5.41, 5.74) is 0.802. The van der Waals surface area contributed by atoms with E-state index >= 15 is 0 Å². The molecule has 2 aliphatic heterocycles. The largest absolute Gasteiger partial charge is 0.409 e. The van der Waals surface area contributed by atoms with Crippen LogP contribution < -0.4 is 0 Å². The van der Waals surface area contributed by atoms with E-state index in [0.29, 0.717) is 12.5 Å². The Morgan fingerprint density at radius 1 is 1.36 bits per heavy atom. The van der Waals surface area contributed by atoms with Crippen molar-refractivity contribution in [3.8, 4) is 11.5 Å².